The maximum atomic E-state index is 14.1. The first kappa shape index (κ1) is 20.5. The molecule has 156 valence electrons. The second kappa shape index (κ2) is 7.84. The van der Waals surface area contributed by atoms with Crippen molar-refractivity contribution in [2.45, 2.75) is 43.9 Å². The highest BCUT2D eigenvalue weighted by Gasteiger charge is 2.46. The Morgan fingerprint density at radius 1 is 1.23 bits per heavy atom. The number of hydrogen-bond donors (Lipinski definition) is 2. The smallest absolute Gasteiger partial charge is 0.237 e. The summed E-state index contributed by atoms with van der Waals surface area (Å²) in [5.74, 6) is -1.64. The topological polar surface area (TPSA) is 75.3 Å². The normalized spacial score (nSPS) is 25.6. The highest BCUT2D eigenvalue weighted by atomic mass is 35.5. The lowest BCUT2D eigenvalue weighted by atomic mass is 9.72. The monoisotopic (exact) mass is 428 g/mol. The van der Waals surface area contributed by atoms with Gasteiger partial charge in [-0.1, -0.05) is 36.7 Å². The molecule has 2 N–H and O–H groups in total. The Morgan fingerprint density at radius 3 is 2.60 bits per heavy atom. The van der Waals surface area contributed by atoms with Crippen LogP contribution in [0.3, 0.4) is 0 Å². The molecular formula is C23H22ClFN2O3. The number of nitrogens with one attached hydrogen (secondary N) is 2. The lowest BCUT2D eigenvalue weighted by Crippen LogP contribution is -2.51. The van der Waals surface area contributed by atoms with Crippen LogP contribution in [0.4, 0.5) is 10.1 Å². The number of imide groups is 1. The lowest BCUT2D eigenvalue weighted by molar-refractivity contribution is -0.138. The van der Waals surface area contributed by atoms with Gasteiger partial charge in [-0.15, -0.1) is 0 Å². The van der Waals surface area contributed by atoms with Crippen LogP contribution >= 0.6 is 11.6 Å². The molecule has 2 fully saturated rings. The standard InChI is InChI=1S/C23H22ClFN2O3/c1-2-23(11-10-19(28)27-22(23)30)13-6-8-14(9-7-13)26-21(29)16-12-15(16)20-17(24)4-3-5-18(20)25/h3-9,15-16H,2,10-12H2,1H3,(H,26,29)(H,27,28,30)/t15-,16-,23-/m1/s1. The van der Waals surface area contributed by atoms with Crippen LogP contribution in [-0.2, 0) is 19.8 Å². The average molecular weight is 429 g/mol. The van der Waals surface area contributed by atoms with Gasteiger partial charge >= 0.3 is 0 Å². The number of amides is 3. The lowest BCUT2D eigenvalue weighted by Gasteiger charge is -2.35. The van der Waals surface area contributed by atoms with Crippen molar-refractivity contribution in [3.63, 3.8) is 0 Å². The second-order valence-corrected chi connectivity index (χ2v) is 8.37. The van der Waals surface area contributed by atoms with Crippen LogP contribution in [0.5, 0.6) is 0 Å². The summed E-state index contributed by atoms with van der Waals surface area (Å²) in [6, 6.07) is 11.7. The third-order valence-electron chi connectivity index (χ3n) is 6.27. The van der Waals surface area contributed by atoms with E-state index in [1.54, 1.807) is 24.3 Å². The quantitative estimate of drug-likeness (QED) is 0.697. The maximum absolute atomic E-state index is 14.1. The number of hydrogen-bond acceptors (Lipinski definition) is 3. The summed E-state index contributed by atoms with van der Waals surface area (Å²) in [5, 5.41) is 5.63. The van der Waals surface area contributed by atoms with Crippen molar-refractivity contribution in [2.75, 3.05) is 5.32 Å². The predicted octanol–water partition coefficient (Wildman–Crippen LogP) is 4.31. The van der Waals surface area contributed by atoms with Gasteiger partial charge in [-0.25, -0.2) is 4.39 Å². The van der Waals surface area contributed by atoms with Crippen LogP contribution in [0.1, 0.15) is 49.7 Å². The maximum Gasteiger partial charge on any atom is 0.237 e. The number of carbonyl (C=O) groups excluding carboxylic acids is 3. The van der Waals surface area contributed by atoms with Crippen molar-refractivity contribution in [3.8, 4) is 0 Å². The minimum Gasteiger partial charge on any atom is -0.326 e. The van der Waals surface area contributed by atoms with E-state index in [4.69, 9.17) is 11.6 Å². The molecule has 7 heteroatoms. The summed E-state index contributed by atoms with van der Waals surface area (Å²) >= 11 is 6.11. The fourth-order valence-electron chi connectivity index (χ4n) is 4.34. The van der Waals surface area contributed by atoms with Crippen LogP contribution < -0.4 is 10.6 Å². The van der Waals surface area contributed by atoms with E-state index in [0.717, 1.165) is 5.56 Å². The Labute approximate surface area is 179 Å². The number of piperidine rings is 1. The fraction of sp³-hybridized carbons (Fsp3) is 0.348. The van der Waals surface area contributed by atoms with Gasteiger partial charge in [-0.05, 0) is 49.1 Å². The third kappa shape index (κ3) is 3.60. The number of benzene rings is 2. The summed E-state index contributed by atoms with van der Waals surface area (Å²) in [6.07, 6.45) is 1.90. The Bertz CT molecular complexity index is 1000. The summed E-state index contributed by atoms with van der Waals surface area (Å²) in [7, 11) is 0. The molecule has 5 nitrogen and oxygen atoms in total. The Morgan fingerprint density at radius 2 is 1.97 bits per heavy atom. The molecule has 3 amide bonds. The zero-order valence-electron chi connectivity index (χ0n) is 16.5. The molecule has 1 aliphatic carbocycles. The predicted molar refractivity (Wildman–Crippen MR) is 112 cm³/mol. The van der Waals surface area contributed by atoms with E-state index < -0.39 is 5.41 Å². The summed E-state index contributed by atoms with van der Waals surface area (Å²) in [5.41, 5.74) is 1.08. The van der Waals surface area contributed by atoms with Gasteiger partial charge in [0.1, 0.15) is 5.82 Å². The second-order valence-electron chi connectivity index (χ2n) is 7.96. The molecule has 2 aromatic carbocycles. The van der Waals surface area contributed by atoms with Gasteiger partial charge in [0.2, 0.25) is 17.7 Å². The molecule has 4 rings (SSSR count). The third-order valence-corrected chi connectivity index (χ3v) is 6.60. The van der Waals surface area contributed by atoms with Gasteiger partial charge in [0.15, 0.2) is 0 Å². The SMILES string of the molecule is CC[C@]1(c2ccc(NC(=O)[C@@H]3C[C@H]3c3c(F)cccc3Cl)cc2)CCC(=O)NC1=O. The van der Waals surface area contributed by atoms with Gasteiger partial charge < -0.3 is 5.32 Å². The molecular weight excluding hydrogens is 407 g/mol. The van der Waals surface area contributed by atoms with Crippen molar-refractivity contribution in [1.29, 1.82) is 0 Å². The first-order chi connectivity index (χ1) is 14.4. The number of rotatable bonds is 5. The van der Waals surface area contributed by atoms with Crippen LogP contribution in [0.15, 0.2) is 42.5 Å². The average Bonchev–Trinajstić information content (AvgIpc) is 3.50. The van der Waals surface area contributed by atoms with E-state index in [2.05, 4.69) is 10.6 Å². The zero-order valence-corrected chi connectivity index (χ0v) is 17.3. The molecule has 3 atom stereocenters. The Hall–Kier alpha value is -2.73. The van der Waals surface area contributed by atoms with Gasteiger partial charge in [0.25, 0.3) is 0 Å². The van der Waals surface area contributed by atoms with Gasteiger partial charge in [0, 0.05) is 34.5 Å². The van der Waals surface area contributed by atoms with E-state index in [9.17, 15) is 18.8 Å². The molecule has 0 bridgehead atoms. The minimum atomic E-state index is -0.736. The molecule has 1 aliphatic heterocycles. The first-order valence-corrected chi connectivity index (χ1v) is 10.4. The molecule has 0 unspecified atom stereocenters. The molecule has 30 heavy (non-hydrogen) atoms. The number of halogens is 2. The molecule has 1 saturated heterocycles. The van der Waals surface area contributed by atoms with Gasteiger partial charge in [0.05, 0.1) is 5.41 Å². The first-order valence-electron chi connectivity index (χ1n) is 10.1. The van der Waals surface area contributed by atoms with E-state index in [1.807, 2.05) is 19.1 Å². The molecule has 0 radical (unpaired) electrons. The number of anilines is 1. The van der Waals surface area contributed by atoms with Crippen molar-refractivity contribution in [1.82, 2.24) is 5.32 Å². The van der Waals surface area contributed by atoms with E-state index in [1.165, 1.54) is 6.07 Å². The summed E-state index contributed by atoms with van der Waals surface area (Å²) in [4.78, 5) is 36.6. The molecule has 0 spiro atoms. The van der Waals surface area contributed by atoms with Crippen LogP contribution in [0.2, 0.25) is 5.02 Å². The number of carbonyl (C=O) groups is 3. The van der Waals surface area contributed by atoms with Crippen LogP contribution in [0.25, 0.3) is 0 Å². The molecule has 2 aromatic rings. The molecule has 1 heterocycles. The highest BCUT2D eigenvalue weighted by Crippen LogP contribution is 2.51. The van der Waals surface area contributed by atoms with Crippen LogP contribution in [0, 0.1) is 11.7 Å². The zero-order chi connectivity index (χ0) is 21.5. The van der Waals surface area contributed by atoms with Gasteiger partial charge in [-0.3, -0.25) is 19.7 Å². The molecule has 0 aromatic heterocycles. The minimum absolute atomic E-state index is 0.182. The van der Waals surface area contributed by atoms with E-state index in [-0.39, 0.29) is 35.4 Å². The van der Waals surface area contributed by atoms with E-state index in [0.29, 0.717) is 42.0 Å². The highest BCUT2D eigenvalue weighted by molar-refractivity contribution is 6.31. The Balaban J connectivity index is 1.45. The van der Waals surface area contributed by atoms with Gasteiger partial charge in [-0.2, -0.15) is 0 Å². The van der Waals surface area contributed by atoms with Crippen molar-refractivity contribution >= 4 is 35.0 Å². The largest absolute Gasteiger partial charge is 0.326 e. The fourth-order valence-corrected chi connectivity index (χ4v) is 4.65. The summed E-state index contributed by atoms with van der Waals surface area (Å²) < 4.78 is 14.1. The summed E-state index contributed by atoms with van der Waals surface area (Å²) in [6.45, 7) is 1.92. The van der Waals surface area contributed by atoms with Crippen molar-refractivity contribution in [3.05, 3.63) is 64.4 Å². The Kier molecular flexibility index (Phi) is 5.36. The molecule has 2 aliphatic rings. The van der Waals surface area contributed by atoms with E-state index >= 15 is 0 Å². The van der Waals surface area contributed by atoms with Crippen molar-refractivity contribution < 1.29 is 18.8 Å². The van der Waals surface area contributed by atoms with Crippen molar-refractivity contribution in [2.24, 2.45) is 5.92 Å². The molecule has 1 saturated carbocycles. The van der Waals surface area contributed by atoms with Crippen LogP contribution in [-0.4, -0.2) is 17.7 Å².